The third-order valence-electron chi connectivity index (χ3n) is 2.76. The van der Waals surface area contributed by atoms with Crippen molar-refractivity contribution in [3.05, 3.63) is 35.9 Å². The molecule has 0 saturated heterocycles. The van der Waals surface area contributed by atoms with E-state index in [0.717, 1.165) is 24.8 Å². The van der Waals surface area contributed by atoms with Crippen LogP contribution in [0.1, 0.15) is 31.7 Å². The van der Waals surface area contributed by atoms with Gasteiger partial charge in [0.05, 0.1) is 6.42 Å². The van der Waals surface area contributed by atoms with Crippen molar-refractivity contribution in [3.8, 4) is 0 Å². The first kappa shape index (κ1) is 13.7. The van der Waals surface area contributed by atoms with E-state index in [2.05, 4.69) is 12.2 Å². The number of hydrogen-bond acceptors (Lipinski definition) is 2. The molecule has 3 heteroatoms. The molecule has 0 aromatic heterocycles. The quantitative estimate of drug-likeness (QED) is 0.756. The van der Waals surface area contributed by atoms with Gasteiger partial charge in [-0.25, -0.2) is 0 Å². The van der Waals surface area contributed by atoms with Crippen LogP contribution in [0.5, 0.6) is 0 Å². The summed E-state index contributed by atoms with van der Waals surface area (Å²) in [5.74, 6) is 0.0581. The molecule has 0 aliphatic rings. The van der Waals surface area contributed by atoms with Crippen molar-refractivity contribution in [2.24, 2.45) is 5.73 Å². The molecule has 94 valence electrons. The second-order valence-corrected chi connectivity index (χ2v) is 4.30. The van der Waals surface area contributed by atoms with Crippen LogP contribution in [0, 0.1) is 0 Å². The van der Waals surface area contributed by atoms with Crippen molar-refractivity contribution in [2.75, 3.05) is 6.54 Å². The summed E-state index contributed by atoms with van der Waals surface area (Å²) in [4.78, 5) is 11.8. The Hall–Kier alpha value is -1.35. The van der Waals surface area contributed by atoms with Gasteiger partial charge in [0.1, 0.15) is 0 Å². The van der Waals surface area contributed by atoms with Gasteiger partial charge < -0.3 is 11.1 Å². The second-order valence-electron chi connectivity index (χ2n) is 4.30. The molecule has 1 atom stereocenters. The van der Waals surface area contributed by atoms with E-state index in [1.54, 1.807) is 0 Å². The molecule has 3 nitrogen and oxygen atoms in total. The Labute approximate surface area is 103 Å². The Bertz CT molecular complexity index is 324. The molecule has 1 amide bonds. The summed E-state index contributed by atoms with van der Waals surface area (Å²) in [7, 11) is 0. The number of nitrogens with one attached hydrogen (secondary N) is 1. The summed E-state index contributed by atoms with van der Waals surface area (Å²) in [5.41, 5.74) is 6.68. The molecule has 0 radical (unpaired) electrons. The van der Waals surface area contributed by atoms with Gasteiger partial charge in [0.15, 0.2) is 0 Å². The summed E-state index contributed by atoms with van der Waals surface area (Å²) < 4.78 is 0. The van der Waals surface area contributed by atoms with Crippen molar-refractivity contribution in [1.29, 1.82) is 0 Å². The fourth-order valence-corrected chi connectivity index (χ4v) is 1.76. The Morgan fingerprint density at radius 3 is 2.65 bits per heavy atom. The minimum Gasteiger partial charge on any atom is -0.352 e. The Kier molecular flexibility index (Phi) is 6.33. The maximum absolute atomic E-state index is 11.8. The van der Waals surface area contributed by atoms with Crippen molar-refractivity contribution in [1.82, 2.24) is 5.32 Å². The number of amides is 1. The molecule has 1 unspecified atom stereocenters. The lowest BCUT2D eigenvalue weighted by atomic mass is 10.1. The summed E-state index contributed by atoms with van der Waals surface area (Å²) in [6, 6.07) is 9.88. The van der Waals surface area contributed by atoms with Gasteiger partial charge >= 0.3 is 0 Å². The molecule has 0 spiro atoms. The monoisotopic (exact) mass is 234 g/mol. The van der Waals surface area contributed by atoms with E-state index >= 15 is 0 Å². The van der Waals surface area contributed by atoms with Crippen LogP contribution in [0.25, 0.3) is 0 Å². The zero-order valence-corrected chi connectivity index (χ0v) is 10.5. The highest BCUT2D eigenvalue weighted by atomic mass is 16.1. The van der Waals surface area contributed by atoms with E-state index in [9.17, 15) is 4.79 Å². The average Bonchev–Trinajstić information content (AvgIpc) is 2.35. The summed E-state index contributed by atoms with van der Waals surface area (Å²) in [6.45, 7) is 2.65. The van der Waals surface area contributed by atoms with Gasteiger partial charge in [-0.1, -0.05) is 50.1 Å². The summed E-state index contributed by atoms with van der Waals surface area (Å²) in [5, 5.41) is 2.99. The van der Waals surface area contributed by atoms with E-state index in [0.29, 0.717) is 13.0 Å². The summed E-state index contributed by atoms with van der Waals surface area (Å²) in [6.07, 6.45) is 3.63. The Balaban J connectivity index is 2.37. The van der Waals surface area contributed by atoms with E-state index in [1.807, 2.05) is 30.3 Å². The number of benzene rings is 1. The van der Waals surface area contributed by atoms with Crippen LogP contribution in [0.15, 0.2) is 30.3 Å². The molecule has 0 heterocycles. The minimum absolute atomic E-state index is 0.0581. The summed E-state index contributed by atoms with van der Waals surface area (Å²) >= 11 is 0. The highest BCUT2D eigenvalue weighted by Crippen LogP contribution is 2.02. The molecule has 0 bridgehead atoms. The SMILES string of the molecule is CCCCC(CN)NC(=O)Cc1ccccc1. The lowest BCUT2D eigenvalue weighted by Crippen LogP contribution is -2.40. The van der Waals surface area contributed by atoms with Crippen LogP contribution in [-0.2, 0) is 11.2 Å². The zero-order valence-electron chi connectivity index (χ0n) is 10.5. The van der Waals surface area contributed by atoms with Gasteiger partial charge in [-0.05, 0) is 12.0 Å². The smallest absolute Gasteiger partial charge is 0.224 e. The molecule has 0 aliphatic heterocycles. The van der Waals surface area contributed by atoms with Gasteiger partial charge in [0.2, 0.25) is 5.91 Å². The maximum atomic E-state index is 11.8. The maximum Gasteiger partial charge on any atom is 0.224 e. The first-order chi connectivity index (χ1) is 8.26. The van der Waals surface area contributed by atoms with Crippen molar-refractivity contribution in [3.63, 3.8) is 0 Å². The number of rotatable bonds is 7. The lowest BCUT2D eigenvalue weighted by Gasteiger charge is -2.16. The fourth-order valence-electron chi connectivity index (χ4n) is 1.76. The molecule has 3 N–H and O–H groups in total. The first-order valence-corrected chi connectivity index (χ1v) is 6.29. The van der Waals surface area contributed by atoms with Crippen molar-refractivity contribution in [2.45, 2.75) is 38.6 Å². The van der Waals surface area contributed by atoms with Crippen LogP contribution in [-0.4, -0.2) is 18.5 Å². The molecule has 0 fully saturated rings. The Morgan fingerprint density at radius 1 is 1.35 bits per heavy atom. The van der Waals surface area contributed by atoms with E-state index < -0.39 is 0 Å². The van der Waals surface area contributed by atoms with Crippen molar-refractivity contribution < 1.29 is 4.79 Å². The van der Waals surface area contributed by atoms with Crippen LogP contribution in [0.2, 0.25) is 0 Å². The standard InChI is InChI=1S/C14H22N2O/c1-2-3-9-13(11-15)16-14(17)10-12-7-5-4-6-8-12/h4-8,13H,2-3,9-11,15H2,1H3,(H,16,17). The van der Waals surface area contributed by atoms with Crippen LogP contribution in [0.3, 0.4) is 0 Å². The van der Waals surface area contributed by atoms with E-state index in [4.69, 9.17) is 5.73 Å². The molecular formula is C14H22N2O. The number of carbonyl (C=O) groups is 1. The van der Waals surface area contributed by atoms with Crippen LogP contribution < -0.4 is 11.1 Å². The molecule has 1 rings (SSSR count). The van der Waals surface area contributed by atoms with Gasteiger partial charge in [-0.3, -0.25) is 4.79 Å². The van der Waals surface area contributed by atoms with Gasteiger partial charge in [0, 0.05) is 12.6 Å². The molecule has 1 aromatic carbocycles. The normalized spacial score (nSPS) is 12.1. The molecule has 17 heavy (non-hydrogen) atoms. The number of nitrogens with two attached hydrogens (primary N) is 1. The van der Waals surface area contributed by atoms with Gasteiger partial charge in [-0.2, -0.15) is 0 Å². The lowest BCUT2D eigenvalue weighted by molar-refractivity contribution is -0.121. The fraction of sp³-hybridized carbons (Fsp3) is 0.500. The van der Waals surface area contributed by atoms with Gasteiger partial charge in [0.25, 0.3) is 0 Å². The third kappa shape index (κ3) is 5.50. The van der Waals surface area contributed by atoms with E-state index in [1.165, 1.54) is 0 Å². The molecule has 0 saturated carbocycles. The van der Waals surface area contributed by atoms with Crippen molar-refractivity contribution >= 4 is 5.91 Å². The zero-order chi connectivity index (χ0) is 12.5. The average molecular weight is 234 g/mol. The molecule has 1 aromatic rings. The minimum atomic E-state index is 0.0581. The number of carbonyl (C=O) groups excluding carboxylic acids is 1. The highest BCUT2D eigenvalue weighted by Gasteiger charge is 2.10. The van der Waals surface area contributed by atoms with E-state index in [-0.39, 0.29) is 11.9 Å². The number of hydrogen-bond donors (Lipinski definition) is 2. The highest BCUT2D eigenvalue weighted by molar-refractivity contribution is 5.78. The Morgan fingerprint density at radius 2 is 2.06 bits per heavy atom. The molecular weight excluding hydrogens is 212 g/mol. The predicted molar refractivity (Wildman–Crippen MR) is 70.7 cm³/mol. The third-order valence-corrected chi connectivity index (χ3v) is 2.76. The van der Waals surface area contributed by atoms with Crippen LogP contribution >= 0.6 is 0 Å². The first-order valence-electron chi connectivity index (χ1n) is 6.29. The number of unbranched alkanes of at least 4 members (excludes halogenated alkanes) is 1. The molecule has 0 aliphatic carbocycles. The largest absolute Gasteiger partial charge is 0.352 e. The predicted octanol–water partition coefficient (Wildman–Crippen LogP) is 1.86. The van der Waals surface area contributed by atoms with Gasteiger partial charge in [-0.15, -0.1) is 0 Å². The van der Waals surface area contributed by atoms with Crippen LogP contribution in [0.4, 0.5) is 0 Å². The second kappa shape index (κ2) is 7.85. The topological polar surface area (TPSA) is 55.1 Å².